The third-order valence-corrected chi connectivity index (χ3v) is 3.27. The highest BCUT2D eigenvalue weighted by atomic mass is 16.7. The molecule has 0 heterocycles. The van der Waals surface area contributed by atoms with Crippen LogP contribution in [-0.4, -0.2) is 28.8 Å². The first-order valence-corrected chi connectivity index (χ1v) is 7.39. The Morgan fingerprint density at radius 1 is 1.08 bits per heavy atom. The zero-order valence-electron chi connectivity index (χ0n) is 13.8. The summed E-state index contributed by atoms with van der Waals surface area (Å²) in [4.78, 5) is 23.5. The van der Waals surface area contributed by atoms with Crippen molar-refractivity contribution in [3.8, 4) is 5.75 Å². The standard InChI is InChI=1S/C17H24O5.3CH4/c1-6-11(2)16(19)22-12(3)21-14-9-7-13(8-10-14)15(18)17(4,5)20;;;/h7-12,20H,6H2,1-5H3;3*1H4. The van der Waals surface area contributed by atoms with Crippen LogP contribution in [0.5, 0.6) is 5.75 Å². The van der Waals surface area contributed by atoms with E-state index in [1.807, 2.05) is 6.92 Å². The Morgan fingerprint density at radius 2 is 1.56 bits per heavy atom. The van der Waals surface area contributed by atoms with Crippen molar-refractivity contribution < 1.29 is 24.2 Å². The molecule has 1 aromatic rings. The Hall–Kier alpha value is -1.88. The van der Waals surface area contributed by atoms with Gasteiger partial charge in [-0.05, 0) is 44.5 Å². The molecule has 0 aromatic heterocycles. The maximum atomic E-state index is 11.9. The zero-order valence-corrected chi connectivity index (χ0v) is 13.8. The molecule has 5 heteroatoms. The van der Waals surface area contributed by atoms with Crippen molar-refractivity contribution in [2.24, 2.45) is 5.92 Å². The van der Waals surface area contributed by atoms with Gasteiger partial charge in [-0.3, -0.25) is 9.59 Å². The van der Waals surface area contributed by atoms with E-state index in [2.05, 4.69) is 0 Å². The first-order valence-electron chi connectivity index (χ1n) is 7.39. The fourth-order valence-corrected chi connectivity index (χ4v) is 1.70. The van der Waals surface area contributed by atoms with Gasteiger partial charge in [-0.25, -0.2) is 0 Å². The Kier molecular flexibility index (Phi) is 13.0. The first-order chi connectivity index (χ1) is 10.1. The molecule has 1 rings (SSSR count). The van der Waals surface area contributed by atoms with Crippen LogP contribution >= 0.6 is 0 Å². The average Bonchev–Trinajstić information content (AvgIpc) is 2.45. The molecule has 0 bridgehead atoms. The van der Waals surface area contributed by atoms with Crippen molar-refractivity contribution in [3.63, 3.8) is 0 Å². The lowest BCUT2D eigenvalue weighted by Gasteiger charge is -2.18. The maximum absolute atomic E-state index is 11.9. The fourth-order valence-electron chi connectivity index (χ4n) is 1.70. The molecule has 0 saturated heterocycles. The number of ether oxygens (including phenoxy) is 2. The minimum atomic E-state index is -1.42. The molecule has 0 aliphatic heterocycles. The van der Waals surface area contributed by atoms with Crippen LogP contribution in [0.25, 0.3) is 0 Å². The van der Waals surface area contributed by atoms with E-state index in [0.717, 1.165) is 0 Å². The molecule has 0 aliphatic carbocycles. The van der Waals surface area contributed by atoms with Gasteiger partial charge in [-0.1, -0.05) is 36.1 Å². The minimum Gasteiger partial charge on any atom is -0.455 e. The van der Waals surface area contributed by atoms with Crippen molar-refractivity contribution in [3.05, 3.63) is 29.8 Å². The van der Waals surface area contributed by atoms with E-state index in [1.54, 1.807) is 38.1 Å². The number of hydrogen-bond acceptors (Lipinski definition) is 5. The average molecular weight is 357 g/mol. The van der Waals surface area contributed by atoms with Crippen LogP contribution in [0.3, 0.4) is 0 Å². The third-order valence-electron chi connectivity index (χ3n) is 3.27. The number of aliphatic hydroxyl groups is 1. The summed E-state index contributed by atoms with van der Waals surface area (Å²) in [6, 6.07) is 6.34. The smallest absolute Gasteiger partial charge is 0.311 e. The lowest BCUT2D eigenvalue weighted by molar-refractivity contribution is -0.165. The van der Waals surface area contributed by atoms with Crippen LogP contribution in [0.2, 0.25) is 0 Å². The molecule has 0 fully saturated rings. The van der Waals surface area contributed by atoms with Gasteiger partial charge in [-0.15, -0.1) is 0 Å². The second-order valence-corrected chi connectivity index (χ2v) is 5.84. The quantitative estimate of drug-likeness (QED) is 0.429. The summed E-state index contributed by atoms with van der Waals surface area (Å²) in [5, 5.41) is 9.69. The molecule has 0 aliphatic rings. The highest BCUT2D eigenvalue weighted by Crippen LogP contribution is 2.18. The molecular formula is C20H36O5. The second kappa shape index (κ2) is 11.6. The maximum Gasteiger partial charge on any atom is 0.311 e. The van der Waals surface area contributed by atoms with E-state index in [0.29, 0.717) is 17.7 Å². The fraction of sp³-hybridized carbons (Fsp3) is 0.600. The molecule has 25 heavy (non-hydrogen) atoms. The van der Waals surface area contributed by atoms with Crippen molar-refractivity contribution in [1.29, 1.82) is 0 Å². The van der Waals surface area contributed by atoms with Crippen LogP contribution in [0.1, 0.15) is 73.7 Å². The summed E-state index contributed by atoms with van der Waals surface area (Å²) in [6.07, 6.45) is -0.00316. The largest absolute Gasteiger partial charge is 0.455 e. The molecular weight excluding hydrogens is 320 g/mol. The number of ketones is 1. The van der Waals surface area contributed by atoms with E-state index in [-0.39, 0.29) is 40.0 Å². The normalized spacial score (nSPS) is 12.4. The van der Waals surface area contributed by atoms with E-state index >= 15 is 0 Å². The Labute approximate surface area is 153 Å². The SMILES string of the molecule is C.C.C.CCC(C)C(=O)OC(C)Oc1ccc(C(=O)C(C)(C)O)cc1. The van der Waals surface area contributed by atoms with Gasteiger partial charge in [0.05, 0.1) is 5.92 Å². The molecule has 2 atom stereocenters. The summed E-state index contributed by atoms with van der Waals surface area (Å²) in [5.74, 6) is -0.353. The van der Waals surface area contributed by atoms with E-state index in [9.17, 15) is 14.7 Å². The molecule has 0 spiro atoms. The second-order valence-electron chi connectivity index (χ2n) is 5.84. The molecule has 146 valence electrons. The van der Waals surface area contributed by atoms with Crippen LogP contribution in [0, 0.1) is 5.92 Å². The molecule has 1 aromatic carbocycles. The highest BCUT2D eigenvalue weighted by molar-refractivity contribution is 6.01. The van der Waals surface area contributed by atoms with Crippen LogP contribution in [-0.2, 0) is 9.53 Å². The Morgan fingerprint density at radius 3 is 1.96 bits per heavy atom. The lowest BCUT2D eigenvalue weighted by Crippen LogP contribution is -2.31. The molecule has 5 nitrogen and oxygen atoms in total. The number of rotatable bonds is 7. The monoisotopic (exact) mass is 356 g/mol. The minimum absolute atomic E-state index is 0. The van der Waals surface area contributed by atoms with Crippen LogP contribution in [0.4, 0.5) is 0 Å². The van der Waals surface area contributed by atoms with Gasteiger partial charge in [0.15, 0.2) is 5.78 Å². The summed E-state index contributed by atoms with van der Waals surface area (Å²) < 4.78 is 10.7. The van der Waals surface area contributed by atoms with Crippen molar-refractivity contribution in [1.82, 2.24) is 0 Å². The number of Topliss-reactive ketones (excluding diaryl/α,β-unsaturated/α-hetero) is 1. The van der Waals surface area contributed by atoms with E-state index < -0.39 is 11.9 Å². The van der Waals surface area contributed by atoms with E-state index in [1.165, 1.54) is 13.8 Å². The van der Waals surface area contributed by atoms with Crippen molar-refractivity contribution in [2.45, 2.75) is 75.2 Å². The topological polar surface area (TPSA) is 72.8 Å². The number of carbonyl (C=O) groups excluding carboxylic acids is 2. The lowest BCUT2D eigenvalue weighted by atomic mass is 9.97. The predicted molar refractivity (Wildman–Crippen MR) is 103 cm³/mol. The third kappa shape index (κ3) is 8.68. The van der Waals surface area contributed by atoms with E-state index in [4.69, 9.17) is 9.47 Å². The molecule has 2 unspecified atom stereocenters. The van der Waals surface area contributed by atoms with Gasteiger partial charge < -0.3 is 14.6 Å². The van der Waals surface area contributed by atoms with Crippen molar-refractivity contribution in [2.75, 3.05) is 0 Å². The van der Waals surface area contributed by atoms with Gasteiger partial charge >= 0.3 is 5.97 Å². The summed E-state index contributed by atoms with van der Waals surface area (Å²) in [7, 11) is 0. The molecule has 0 radical (unpaired) electrons. The van der Waals surface area contributed by atoms with Crippen LogP contribution < -0.4 is 4.74 Å². The molecule has 0 saturated carbocycles. The molecule has 1 N–H and O–H groups in total. The molecule has 0 amide bonds. The summed E-state index contributed by atoms with van der Waals surface area (Å²) >= 11 is 0. The summed E-state index contributed by atoms with van der Waals surface area (Å²) in [5.41, 5.74) is -1.02. The van der Waals surface area contributed by atoms with Crippen molar-refractivity contribution >= 4 is 11.8 Å². The number of esters is 1. The van der Waals surface area contributed by atoms with Gasteiger partial charge in [0.25, 0.3) is 0 Å². The number of hydrogen-bond donors (Lipinski definition) is 1. The number of benzene rings is 1. The van der Waals surface area contributed by atoms with Crippen LogP contribution in [0.15, 0.2) is 24.3 Å². The Balaban J connectivity index is -0.00000161. The predicted octanol–water partition coefficient (Wildman–Crippen LogP) is 4.86. The van der Waals surface area contributed by atoms with Gasteiger partial charge in [0.2, 0.25) is 6.29 Å². The zero-order chi connectivity index (χ0) is 16.9. The Bertz CT molecular complexity index is 514. The van der Waals surface area contributed by atoms with Gasteiger partial charge in [0.1, 0.15) is 11.4 Å². The highest BCUT2D eigenvalue weighted by Gasteiger charge is 2.25. The number of carbonyl (C=O) groups is 2. The van der Waals surface area contributed by atoms with Gasteiger partial charge in [-0.2, -0.15) is 0 Å². The summed E-state index contributed by atoms with van der Waals surface area (Å²) in [6.45, 7) is 8.23. The van der Waals surface area contributed by atoms with Gasteiger partial charge in [0, 0.05) is 12.5 Å². The first kappa shape index (κ1) is 27.9.